The van der Waals surface area contributed by atoms with Crippen molar-refractivity contribution in [1.82, 2.24) is 0 Å². The third-order valence-electron chi connectivity index (χ3n) is 1.66. The molecule has 1 N–H and O–H groups in total. The number of hydrogen-bond donors (Lipinski definition) is 1. The summed E-state index contributed by atoms with van der Waals surface area (Å²) < 4.78 is 0. The number of hydrogen-bond acceptors (Lipinski definition) is 2. The minimum atomic E-state index is 0.251. The molecular formula is C10H13ClOS. The fourth-order valence-electron chi connectivity index (χ4n) is 0.822. The van der Waals surface area contributed by atoms with Gasteiger partial charge in [0.1, 0.15) is 0 Å². The molecule has 13 heavy (non-hydrogen) atoms. The quantitative estimate of drug-likeness (QED) is 0.781. The first kappa shape index (κ1) is 10.9. The lowest BCUT2D eigenvalue weighted by molar-refractivity contribution is 0.250. The normalized spacial score (nSPS) is 12.8. The number of aliphatic hydroxyl groups is 1. The Morgan fingerprint density at radius 2 is 2.00 bits per heavy atom. The van der Waals surface area contributed by atoms with Crippen LogP contribution in [-0.4, -0.2) is 17.5 Å². The van der Waals surface area contributed by atoms with Gasteiger partial charge in [-0.15, -0.1) is 11.8 Å². The van der Waals surface area contributed by atoms with E-state index in [0.29, 0.717) is 5.92 Å². The van der Waals surface area contributed by atoms with Crippen LogP contribution in [0.1, 0.15) is 6.92 Å². The smallest absolute Gasteiger partial charge is 0.0464 e. The molecule has 1 aromatic carbocycles. The van der Waals surface area contributed by atoms with Crippen molar-refractivity contribution in [3.8, 4) is 0 Å². The number of rotatable bonds is 4. The molecule has 0 heterocycles. The van der Waals surface area contributed by atoms with E-state index in [9.17, 15) is 0 Å². The molecule has 0 radical (unpaired) electrons. The van der Waals surface area contributed by atoms with Crippen molar-refractivity contribution in [2.45, 2.75) is 11.8 Å². The molecule has 0 aliphatic heterocycles. The van der Waals surface area contributed by atoms with Crippen LogP contribution in [0.3, 0.4) is 0 Å². The molecule has 0 saturated carbocycles. The molecule has 1 rings (SSSR count). The van der Waals surface area contributed by atoms with E-state index < -0.39 is 0 Å². The van der Waals surface area contributed by atoms with Gasteiger partial charge in [0, 0.05) is 22.3 Å². The fraction of sp³-hybridized carbons (Fsp3) is 0.400. The van der Waals surface area contributed by atoms with Crippen molar-refractivity contribution >= 4 is 23.4 Å². The molecular weight excluding hydrogens is 204 g/mol. The van der Waals surface area contributed by atoms with Crippen molar-refractivity contribution < 1.29 is 5.11 Å². The van der Waals surface area contributed by atoms with Crippen LogP contribution in [0.15, 0.2) is 29.2 Å². The zero-order chi connectivity index (χ0) is 9.68. The number of aliphatic hydroxyl groups excluding tert-OH is 1. The standard InChI is InChI=1S/C10H13ClOS/c1-8(6-12)7-13-10-4-2-9(11)3-5-10/h2-5,8,12H,6-7H2,1H3. The maximum Gasteiger partial charge on any atom is 0.0464 e. The van der Waals surface area contributed by atoms with Crippen molar-refractivity contribution in [2.24, 2.45) is 5.92 Å². The molecule has 72 valence electrons. The highest BCUT2D eigenvalue weighted by atomic mass is 35.5. The van der Waals surface area contributed by atoms with Crippen molar-refractivity contribution in [3.63, 3.8) is 0 Å². The average Bonchev–Trinajstić information content (AvgIpc) is 2.16. The molecule has 1 unspecified atom stereocenters. The highest BCUT2D eigenvalue weighted by Gasteiger charge is 2.00. The van der Waals surface area contributed by atoms with Gasteiger partial charge in [0.05, 0.1) is 0 Å². The van der Waals surface area contributed by atoms with Crippen LogP contribution < -0.4 is 0 Å². The summed E-state index contributed by atoms with van der Waals surface area (Å²) in [7, 11) is 0. The molecule has 1 nitrogen and oxygen atoms in total. The second-order valence-corrected chi connectivity index (χ2v) is 4.58. The molecule has 0 bridgehead atoms. The van der Waals surface area contributed by atoms with E-state index in [1.165, 1.54) is 4.90 Å². The molecule has 0 aromatic heterocycles. The van der Waals surface area contributed by atoms with Crippen LogP contribution in [0.25, 0.3) is 0 Å². The van der Waals surface area contributed by atoms with Gasteiger partial charge in [-0.05, 0) is 30.2 Å². The van der Waals surface area contributed by atoms with E-state index in [-0.39, 0.29) is 6.61 Å². The Hall–Kier alpha value is -0.180. The predicted octanol–water partition coefficient (Wildman–Crippen LogP) is 3.06. The third kappa shape index (κ3) is 4.03. The second kappa shape index (κ2) is 5.53. The van der Waals surface area contributed by atoms with Crippen LogP contribution in [0.2, 0.25) is 5.02 Å². The van der Waals surface area contributed by atoms with Gasteiger partial charge in [-0.1, -0.05) is 18.5 Å². The van der Waals surface area contributed by atoms with Crippen LogP contribution in [-0.2, 0) is 0 Å². The molecule has 0 aliphatic carbocycles. The molecule has 0 spiro atoms. The summed E-state index contributed by atoms with van der Waals surface area (Å²) in [6.07, 6.45) is 0. The van der Waals surface area contributed by atoms with Gasteiger partial charge in [0.15, 0.2) is 0 Å². The summed E-state index contributed by atoms with van der Waals surface area (Å²) in [5.41, 5.74) is 0. The zero-order valence-electron chi connectivity index (χ0n) is 7.53. The van der Waals surface area contributed by atoms with Crippen molar-refractivity contribution in [2.75, 3.05) is 12.4 Å². The Labute approximate surface area is 88.1 Å². The lowest BCUT2D eigenvalue weighted by Crippen LogP contribution is -2.02. The maximum absolute atomic E-state index is 8.82. The Kier molecular flexibility index (Phi) is 4.64. The highest BCUT2D eigenvalue weighted by Crippen LogP contribution is 2.22. The van der Waals surface area contributed by atoms with Crippen LogP contribution in [0, 0.1) is 5.92 Å². The van der Waals surface area contributed by atoms with E-state index in [4.69, 9.17) is 16.7 Å². The van der Waals surface area contributed by atoms with Gasteiger partial charge < -0.3 is 5.11 Å². The highest BCUT2D eigenvalue weighted by molar-refractivity contribution is 7.99. The first-order valence-corrected chi connectivity index (χ1v) is 5.58. The van der Waals surface area contributed by atoms with Gasteiger partial charge in [-0.25, -0.2) is 0 Å². The Morgan fingerprint density at radius 1 is 1.38 bits per heavy atom. The number of thioether (sulfide) groups is 1. The molecule has 1 atom stereocenters. The predicted molar refractivity (Wildman–Crippen MR) is 58.4 cm³/mol. The summed E-state index contributed by atoms with van der Waals surface area (Å²) in [4.78, 5) is 1.20. The monoisotopic (exact) mass is 216 g/mol. The SMILES string of the molecule is CC(CO)CSc1ccc(Cl)cc1. The largest absolute Gasteiger partial charge is 0.396 e. The lowest BCUT2D eigenvalue weighted by atomic mass is 10.2. The molecule has 0 aliphatic rings. The van der Waals surface area contributed by atoms with Crippen LogP contribution in [0.5, 0.6) is 0 Å². The zero-order valence-corrected chi connectivity index (χ0v) is 9.11. The topological polar surface area (TPSA) is 20.2 Å². The number of benzene rings is 1. The van der Waals surface area contributed by atoms with Gasteiger partial charge in [0.2, 0.25) is 0 Å². The van der Waals surface area contributed by atoms with Crippen molar-refractivity contribution in [3.05, 3.63) is 29.3 Å². The summed E-state index contributed by atoms with van der Waals surface area (Å²) >= 11 is 7.50. The minimum Gasteiger partial charge on any atom is -0.396 e. The van der Waals surface area contributed by atoms with Crippen LogP contribution in [0.4, 0.5) is 0 Å². The Bertz CT molecular complexity index is 248. The van der Waals surface area contributed by atoms with Gasteiger partial charge in [-0.3, -0.25) is 0 Å². The number of halogens is 1. The van der Waals surface area contributed by atoms with E-state index in [0.717, 1.165) is 10.8 Å². The van der Waals surface area contributed by atoms with Crippen LogP contribution >= 0.6 is 23.4 Å². The van der Waals surface area contributed by atoms with E-state index in [1.807, 2.05) is 31.2 Å². The van der Waals surface area contributed by atoms with Crippen molar-refractivity contribution in [1.29, 1.82) is 0 Å². The first-order chi connectivity index (χ1) is 6.22. The Morgan fingerprint density at radius 3 is 2.54 bits per heavy atom. The van der Waals surface area contributed by atoms with Gasteiger partial charge in [0.25, 0.3) is 0 Å². The summed E-state index contributed by atoms with van der Waals surface area (Å²) in [5, 5.41) is 9.59. The molecule has 1 aromatic rings. The Balaban J connectivity index is 2.41. The summed E-state index contributed by atoms with van der Waals surface area (Å²) in [6.45, 7) is 2.28. The maximum atomic E-state index is 8.82. The lowest BCUT2D eigenvalue weighted by Gasteiger charge is -2.06. The second-order valence-electron chi connectivity index (χ2n) is 3.05. The molecule has 0 amide bonds. The average molecular weight is 217 g/mol. The van der Waals surface area contributed by atoms with E-state index >= 15 is 0 Å². The molecule has 3 heteroatoms. The van der Waals surface area contributed by atoms with Gasteiger partial charge in [-0.2, -0.15) is 0 Å². The van der Waals surface area contributed by atoms with E-state index in [1.54, 1.807) is 11.8 Å². The molecule has 0 saturated heterocycles. The van der Waals surface area contributed by atoms with E-state index in [2.05, 4.69) is 0 Å². The minimum absolute atomic E-state index is 0.251. The molecule has 0 fully saturated rings. The fourth-order valence-corrected chi connectivity index (χ4v) is 1.86. The third-order valence-corrected chi connectivity index (χ3v) is 3.25. The summed E-state index contributed by atoms with van der Waals surface area (Å²) in [6, 6.07) is 7.76. The first-order valence-electron chi connectivity index (χ1n) is 4.21. The summed E-state index contributed by atoms with van der Waals surface area (Å²) in [5.74, 6) is 1.29. The van der Waals surface area contributed by atoms with Gasteiger partial charge >= 0.3 is 0 Å².